The molecule has 0 atom stereocenters. The molecule has 7 nitrogen and oxygen atoms in total. The Morgan fingerprint density at radius 2 is 1.62 bits per heavy atom. The van der Waals surface area contributed by atoms with Gasteiger partial charge in [0.1, 0.15) is 0 Å². The van der Waals surface area contributed by atoms with E-state index in [9.17, 15) is 28.7 Å². The highest BCUT2D eigenvalue weighted by Gasteiger charge is 2.43. The van der Waals surface area contributed by atoms with Gasteiger partial charge in [-0.2, -0.15) is 0 Å². The van der Waals surface area contributed by atoms with Gasteiger partial charge < -0.3 is 24.1 Å². The van der Waals surface area contributed by atoms with E-state index in [0.717, 1.165) is 16.6 Å². The first-order chi connectivity index (χ1) is 9.53. The molecule has 21 heavy (non-hydrogen) atoms. The van der Waals surface area contributed by atoms with Crippen molar-refractivity contribution in [2.75, 3.05) is 0 Å². The van der Waals surface area contributed by atoms with Crippen LogP contribution in [0.25, 0.3) is 10.9 Å². The smallest absolute Gasteiger partial charge is 0.341 e. The molecule has 2 rings (SSSR count). The van der Waals surface area contributed by atoms with Crippen molar-refractivity contribution in [3.8, 4) is 0 Å². The summed E-state index contributed by atoms with van der Waals surface area (Å²) < 4.78 is 24.7. The van der Waals surface area contributed by atoms with Gasteiger partial charge in [-0.1, -0.05) is 18.2 Å². The summed E-state index contributed by atoms with van der Waals surface area (Å²) in [7, 11) is -8.05. The Balaban J connectivity index is 2.60. The molecule has 0 fully saturated rings. The molecule has 0 aliphatic carbocycles. The average molecular weight is 333 g/mol. The van der Waals surface area contributed by atoms with E-state index in [0.29, 0.717) is 5.56 Å². The number of hydrogen-bond donors (Lipinski definition) is 4. The summed E-state index contributed by atoms with van der Waals surface area (Å²) >= 11 is 0. The molecule has 0 bridgehead atoms. The van der Waals surface area contributed by atoms with E-state index in [1.54, 1.807) is 26.1 Å². The Labute approximate surface area is 121 Å². The first kappa shape index (κ1) is 16.4. The fourth-order valence-electron chi connectivity index (χ4n) is 2.47. The molecular formula is C12H17NO6P2. The van der Waals surface area contributed by atoms with Crippen molar-refractivity contribution in [2.45, 2.75) is 18.7 Å². The lowest BCUT2D eigenvalue weighted by atomic mass is 10.1. The first-order valence-electron chi connectivity index (χ1n) is 6.17. The Hall–Kier alpha value is -0.940. The van der Waals surface area contributed by atoms with Gasteiger partial charge in [0.2, 0.25) is 0 Å². The van der Waals surface area contributed by atoms with Gasteiger partial charge in [-0.25, -0.2) is 0 Å². The zero-order chi connectivity index (χ0) is 16.0. The highest BCUT2D eigenvalue weighted by atomic mass is 31.2. The van der Waals surface area contributed by atoms with Crippen LogP contribution in [0.3, 0.4) is 0 Å². The summed E-state index contributed by atoms with van der Waals surface area (Å²) in [6, 6.07) is 7.22. The molecule has 0 aliphatic heterocycles. The second-order valence-corrected chi connectivity index (χ2v) is 9.01. The molecule has 4 N–H and O–H groups in total. The normalized spacial score (nSPS) is 13.3. The number of aryl methyl sites for hydroxylation is 1. The van der Waals surface area contributed by atoms with Crippen LogP contribution in [0.5, 0.6) is 0 Å². The first-order valence-corrected chi connectivity index (χ1v) is 9.53. The van der Waals surface area contributed by atoms with Crippen molar-refractivity contribution in [2.24, 2.45) is 7.05 Å². The van der Waals surface area contributed by atoms with E-state index >= 15 is 0 Å². The zero-order valence-electron chi connectivity index (χ0n) is 11.5. The second-order valence-electron chi connectivity index (χ2n) is 5.00. The maximum absolute atomic E-state index is 11.4. The van der Waals surface area contributed by atoms with E-state index < -0.39 is 20.6 Å². The maximum atomic E-state index is 11.4. The van der Waals surface area contributed by atoms with E-state index in [1.807, 2.05) is 16.7 Å². The van der Waals surface area contributed by atoms with Crippen molar-refractivity contribution in [3.63, 3.8) is 0 Å². The van der Waals surface area contributed by atoms with Crippen molar-refractivity contribution in [3.05, 3.63) is 35.5 Å². The minimum atomic E-state index is -4.92. The highest BCUT2D eigenvalue weighted by Crippen LogP contribution is 2.61. The van der Waals surface area contributed by atoms with Crippen LogP contribution in [0, 0.1) is 6.92 Å². The fourth-order valence-corrected chi connectivity index (χ4v) is 4.88. The monoisotopic (exact) mass is 333 g/mol. The van der Waals surface area contributed by atoms with E-state index in [2.05, 4.69) is 0 Å². The third kappa shape index (κ3) is 3.14. The molecule has 1 aromatic heterocycles. The summed E-state index contributed by atoms with van der Waals surface area (Å²) in [6.45, 7) is 1.76. The van der Waals surface area contributed by atoms with Crippen molar-refractivity contribution >= 4 is 26.1 Å². The quantitative estimate of drug-likeness (QED) is 0.632. The van der Waals surface area contributed by atoms with Crippen LogP contribution in [0.4, 0.5) is 0 Å². The van der Waals surface area contributed by atoms with Crippen molar-refractivity contribution in [1.29, 1.82) is 0 Å². The Kier molecular flexibility index (Phi) is 4.19. The maximum Gasteiger partial charge on any atom is 0.341 e. The van der Waals surface area contributed by atoms with Crippen LogP contribution < -0.4 is 0 Å². The lowest BCUT2D eigenvalue weighted by Crippen LogP contribution is -2.13. The second kappa shape index (κ2) is 5.36. The van der Waals surface area contributed by atoms with Crippen LogP contribution >= 0.6 is 15.2 Å². The molecule has 0 unspecified atom stereocenters. The zero-order valence-corrected chi connectivity index (χ0v) is 13.3. The molecule has 0 aliphatic rings. The number of rotatable bonds is 4. The van der Waals surface area contributed by atoms with E-state index in [4.69, 9.17) is 0 Å². The van der Waals surface area contributed by atoms with Crippen molar-refractivity contribution < 1.29 is 28.7 Å². The van der Waals surface area contributed by atoms with Crippen LogP contribution in [0.1, 0.15) is 11.3 Å². The van der Waals surface area contributed by atoms with Gasteiger partial charge in [0.15, 0.2) is 5.40 Å². The Bertz CT molecular complexity index is 749. The number of aromatic nitrogens is 1. The van der Waals surface area contributed by atoms with Crippen LogP contribution in [-0.2, 0) is 22.6 Å². The Morgan fingerprint density at radius 1 is 1.10 bits per heavy atom. The molecule has 9 heteroatoms. The van der Waals surface area contributed by atoms with Gasteiger partial charge in [-0.05, 0) is 18.6 Å². The van der Waals surface area contributed by atoms with Gasteiger partial charge in [0.25, 0.3) is 0 Å². The Morgan fingerprint density at radius 3 is 2.14 bits per heavy atom. The largest absolute Gasteiger partial charge is 0.348 e. The molecule has 0 amide bonds. The lowest BCUT2D eigenvalue weighted by Gasteiger charge is -2.19. The van der Waals surface area contributed by atoms with Crippen LogP contribution in [0.15, 0.2) is 24.3 Å². The lowest BCUT2D eigenvalue weighted by molar-refractivity contribution is 0.338. The minimum absolute atomic E-state index is 0.373. The predicted octanol–water partition coefficient (Wildman–Crippen LogP) is 1.71. The molecular weight excluding hydrogens is 316 g/mol. The van der Waals surface area contributed by atoms with Gasteiger partial charge >= 0.3 is 15.2 Å². The third-order valence-corrected chi connectivity index (χ3v) is 7.42. The predicted molar refractivity (Wildman–Crippen MR) is 79.2 cm³/mol. The van der Waals surface area contributed by atoms with E-state index in [1.165, 1.54) is 0 Å². The van der Waals surface area contributed by atoms with Gasteiger partial charge in [0, 0.05) is 30.1 Å². The molecule has 0 radical (unpaired) electrons. The molecule has 1 aromatic carbocycles. The minimum Gasteiger partial charge on any atom is -0.348 e. The van der Waals surface area contributed by atoms with Gasteiger partial charge in [0.05, 0.1) is 0 Å². The summed E-state index contributed by atoms with van der Waals surface area (Å²) in [5.74, 6) is 0. The number of benzene rings is 1. The molecule has 0 saturated heterocycles. The fraction of sp³-hybridized carbons (Fsp3) is 0.333. The number of nitrogens with zero attached hydrogens (tertiary/aromatic N) is 1. The third-order valence-electron chi connectivity index (χ3n) is 3.69. The van der Waals surface area contributed by atoms with Crippen LogP contribution in [0.2, 0.25) is 0 Å². The van der Waals surface area contributed by atoms with Crippen LogP contribution in [-0.4, -0.2) is 29.5 Å². The van der Waals surface area contributed by atoms with Gasteiger partial charge in [-0.15, -0.1) is 0 Å². The van der Waals surface area contributed by atoms with Gasteiger partial charge in [-0.3, -0.25) is 9.13 Å². The molecule has 0 saturated carbocycles. The highest BCUT2D eigenvalue weighted by molar-refractivity contribution is 7.70. The molecule has 2 aromatic rings. The topological polar surface area (TPSA) is 120 Å². The molecule has 1 heterocycles. The summed E-state index contributed by atoms with van der Waals surface area (Å²) in [5.41, 5.74) is 2.12. The van der Waals surface area contributed by atoms with E-state index in [-0.39, 0.29) is 6.42 Å². The molecule has 0 spiro atoms. The summed E-state index contributed by atoms with van der Waals surface area (Å²) in [5, 5.41) is -1.28. The standard InChI is InChI=1S/C12H17NO6P2/c1-8-10(7-12(20(14,15)16)21(17,18)19)9-5-3-4-6-11(9)13(8)2/h3-6,12H,7H2,1-2H3,(H2,14,15,16)(H2,17,18,19). The summed E-state index contributed by atoms with van der Waals surface area (Å²) in [4.78, 5) is 37.0. The number of para-hydroxylation sites is 1. The van der Waals surface area contributed by atoms with Crippen molar-refractivity contribution in [1.82, 2.24) is 4.57 Å². The summed E-state index contributed by atoms with van der Waals surface area (Å²) in [6.07, 6.45) is -0.373. The number of fused-ring (bicyclic) bond motifs is 1. The average Bonchev–Trinajstić information content (AvgIpc) is 2.57. The SMILES string of the molecule is Cc1c(CC(P(=O)(O)O)P(=O)(O)O)c2ccccc2n1C. The number of hydrogen-bond acceptors (Lipinski definition) is 2. The molecule has 116 valence electrons.